The number of alkyl halides is 6. The molecule has 2 rings (SSSR count). The Labute approximate surface area is 261 Å². The molecule has 45 heavy (non-hydrogen) atoms. The molecule has 0 heterocycles. The van der Waals surface area contributed by atoms with Gasteiger partial charge in [0, 0.05) is 19.5 Å². The van der Waals surface area contributed by atoms with Crippen LogP contribution in [-0.4, -0.2) is 80.8 Å². The second-order valence-corrected chi connectivity index (χ2v) is 15.1. The zero-order valence-electron chi connectivity index (χ0n) is 26.1. The number of sulfonamides is 2. The second-order valence-electron chi connectivity index (χ2n) is 11.5. The molecule has 0 aliphatic heterocycles. The summed E-state index contributed by atoms with van der Waals surface area (Å²) in [6.07, 6.45) is -8.02. The van der Waals surface area contributed by atoms with E-state index in [2.05, 4.69) is 9.44 Å². The van der Waals surface area contributed by atoms with Gasteiger partial charge in [0.05, 0.1) is 43.3 Å². The molecule has 0 aromatic heterocycles. The summed E-state index contributed by atoms with van der Waals surface area (Å²) in [6.45, 7) is 4.29. The number of rotatable bonds is 14. The molecular weight excluding hydrogens is 650 g/mol. The Hall–Kier alpha value is -2.28. The third-order valence-corrected chi connectivity index (χ3v) is 8.66. The fourth-order valence-electron chi connectivity index (χ4n) is 4.07. The maximum atomic E-state index is 12.7. The van der Waals surface area contributed by atoms with Gasteiger partial charge in [-0.1, -0.05) is 23.3 Å². The SMILES string of the molecule is Cc1cc(CS(=O)(=O)NCCCN(C)C)cc(C(F)(F)F)c1.Cc1cc(CS(=O)(=O)NCCC[N+](C)(C)[O-])cc(C(F)(F)F)c1. The average molecular weight is 693 g/mol. The van der Waals surface area contributed by atoms with E-state index in [9.17, 15) is 48.4 Å². The van der Waals surface area contributed by atoms with Crippen LogP contribution in [0.4, 0.5) is 26.3 Å². The van der Waals surface area contributed by atoms with Gasteiger partial charge in [-0.05, 0) is 76.3 Å². The van der Waals surface area contributed by atoms with Crippen LogP contribution in [-0.2, 0) is 43.9 Å². The van der Waals surface area contributed by atoms with Gasteiger partial charge in [-0.15, -0.1) is 0 Å². The molecule has 0 radical (unpaired) electrons. The smallest absolute Gasteiger partial charge is 0.416 e. The molecule has 0 bridgehead atoms. The van der Waals surface area contributed by atoms with Crippen molar-refractivity contribution in [2.75, 3.05) is 54.4 Å². The van der Waals surface area contributed by atoms with Crippen LogP contribution in [0.1, 0.15) is 46.2 Å². The van der Waals surface area contributed by atoms with E-state index in [1.54, 1.807) is 0 Å². The van der Waals surface area contributed by atoms with Gasteiger partial charge in [0.2, 0.25) is 20.0 Å². The molecule has 2 aromatic carbocycles. The predicted octanol–water partition coefficient (Wildman–Crippen LogP) is 4.78. The Kier molecular flexibility index (Phi) is 15.0. The topological polar surface area (TPSA) is 119 Å². The Morgan fingerprint density at radius 2 is 1.09 bits per heavy atom. The highest BCUT2D eigenvalue weighted by molar-refractivity contribution is 7.88. The lowest BCUT2D eigenvalue weighted by molar-refractivity contribution is -0.840. The molecule has 2 N–H and O–H groups in total. The normalized spacial score (nSPS) is 13.1. The van der Waals surface area contributed by atoms with E-state index >= 15 is 0 Å². The molecule has 0 atom stereocenters. The molecule has 17 heteroatoms. The van der Waals surface area contributed by atoms with Crippen molar-refractivity contribution in [1.29, 1.82) is 0 Å². The summed E-state index contributed by atoms with van der Waals surface area (Å²) >= 11 is 0. The lowest BCUT2D eigenvalue weighted by atomic mass is 10.1. The van der Waals surface area contributed by atoms with Gasteiger partial charge in [-0.2, -0.15) is 26.3 Å². The van der Waals surface area contributed by atoms with Crippen LogP contribution >= 0.6 is 0 Å². The van der Waals surface area contributed by atoms with E-state index in [1.165, 1.54) is 40.1 Å². The van der Waals surface area contributed by atoms with Gasteiger partial charge in [0.15, 0.2) is 0 Å². The fraction of sp³-hybridized carbons (Fsp3) is 0.571. The highest BCUT2D eigenvalue weighted by atomic mass is 32.2. The minimum absolute atomic E-state index is 0.0736. The fourth-order valence-corrected chi connectivity index (χ4v) is 6.40. The van der Waals surface area contributed by atoms with Crippen molar-refractivity contribution in [3.8, 4) is 0 Å². The van der Waals surface area contributed by atoms with Crippen LogP contribution in [0.5, 0.6) is 0 Å². The van der Waals surface area contributed by atoms with Crippen LogP contribution in [0, 0.1) is 19.1 Å². The van der Waals surface area contributed by atoms with E-state index < -0.39 is 59.7 Å². The third kappa shape index (κ3) is 17.9. The monoisotopic (exact) mass is 692 g/mol. The molecule has 0 saturated carbocycles. The Morgan fingerprint density at radius 1 is 0.711 bits per heavy atom. The molecular formula is C28H42F6N4O5S2. The molecule has 0 aliphatic rings. The van der Waals surface area contributed by atoms with Crippen LogP contribution in [0.2, 0.25) is 0 Å². The van der Waals surface area contributed by atoms with Crippen molar-refractivity contribution in [1.82, 2.24) is 14.3 Å². The highest BCUT2D eigenvalue weighted by Gasteiger charge is 2.32. The van der Waals surface area contributed by atoms with Crippen LogP contribution in [0.25, 0.3) is 0 Å². The number of benzene rings is 2. The molecule has 258 valence electrons. The van der Waals surface area contributed by atoms with E-state index in [0.717, 1.165) is 30.8 Å². The largest absolute Gasteiger partial charge is 0.633 e. The van der Waals surface area contributed by atoms with E-state index in [-0.39, 0.29) is 30.8 Å². The predicted molar refractivity (Wildman–Crippen MR) is 162 cm³/mol. The average Bonchev–Trinajstić information content (AvgIpc) is 2.82. The van der Waals surface area contributed by atoms with Gasteiger partial charge in [0.1, 0.15) is 0 Å². The van der Waals surface area contributed by atoms with Crippen molar-refractivity contribution >= 4 is 20.0 Å². The quantitative estimate of drug-likeness (QED) is 0.127. The zero-order chi connectivity index (χ0) is 34.9. The molecule has 9 nitrogen and oxygen atoms in total. The first-order valence-electron chi connectivity index (χ1n) is 13.8. The number of halogens is 6. The van der Waals surface area contributed by atoms with E-state index in [1.807, 2.05) is 19.0 Å². The summed E-state index contributed by atoms with van der Waals surface area (Å²) in [5.41, 5.74) is -0.765. The molecule has 0 saturated heterocycles. The van der Waals surface area contributed by atoms with Crippen molar-refractivity contribution in [3.05, 3.63) is 75.0 Å². The Morgan fingerprint density at radius 3 is 1.42 bits per heavy atom. The maximum absolute atomic E-state index is 12.7. The molecule has 0 aliphatic carbocycles. The van der Waals surface area contributed by atoms with E-state index in [4.69, 9.17) is 0 Å². The number of hydroxylamine groups is 3. The number of aryl methyl sites for hydroxylation is 2. The third-order valence-electron chi connectivity index (χ3n) is 5.94. The first kappa shape index (κ1) is 40.7. The standard InChI is InChI=1S/C14H21F3N2O3S.C14H21F3N2O2S/c1-11-7-12(9-13(8-11)14(15,16)17)10-23(21,22)18-5-4-6-19(2,3)20;1-11-7-12(9-13(8-11)14(15,16)17)10-22(20,21)18-5-4-6-19(2)3/h7-9,18H,4-6,10H2,1-3H3;7-9,18H,4-6,10H2,1-3H3. The van der Waals surface area contributed by atoms with Crippen molar-refractivity contribution in [2.45, 2.75) is 50.5 Å². The molecule has 0 amide bonds. The Balaban J connectivity index is 0.000000450. The lowest BCUT2D eigenvalue weighted by Gasteiger charge is -2.33. The zero-order valence-corrected chi connectivity index (χ0v) is 27.8. The van der Waals surface area contributed by atoms with E-state index in [0.29, 0.717) is 24.0 Å². The molecule has 0 unspecified atom stereocenters. The number of nitrogens with one attached hydrogen (secondary N) is 2. The molecule has 2 aromatic rings. The number of hydrogen-bond acceptors (Lipinski definition) is 6. The van der Waals surface area contributed by atoms with Crippen molar-refractivity contribution < 1.29 is 47.8 Å². The highest BCUT2D eigenvalue weighted by Crippen LogP contribution is 2.32. The van der Waals surface area contributed by atoms with Gasteiger partial charge < -0.3 is 14.8 Å². The van der Waals surface area contributed by atoms with Crippen LogP contribution < -0.4 is 9.44 Å². The lowest BCUT2D eigenvalue weighted by Crippen LogP contribution is -2.36. The molecule has 0 fully saturated rings. The van der Waals surface area contributed by atoms with Gasteiger partial charge >= 0.3 is 12.4 Å². The van der Waals surface area contributed by atoms with Crippen molar-refractivity contribution in [3.63, 3.8) is 0 Å². The van der Waals surface area contributed by atoms with Crippen molar-refractivity contribution in [2.24, 2.45) is 0 Å². The molecule has 0 spiro atoms. The number of quaternary nitrogens is 1. The summed E-state index contributed by atoms with van der Waals surface area (Å²) in [6, 6.07) is 6.55. The van der Waals surface area contributed by atoms with Gasteiger partial charge in [-0.25, -0.2) is 26.3 Å². The summed E-state index contributed by atoms with van der Waals surface area (Å²) in [5, 5.41) is 11.3. The minimum atomic E-state index is -4.52. The second kappa shape index (κ2) is 16.5. The summed E-state index contributed by atoms with van der Waals surface area (Å²) in [5.74, 6) is -0.993. The van der Waals surface area contributed by atoms with Crippen LogP contribution in [0.3, 0.4) is 0 Å². The maximum Gasteiger partial charge on any atom is 0.416 e. The first-order chi connectivity index (χ1) is 20.3. The number of nitrogens with zero attached hydrogens (tertiary/aromatic N) is 2. The number of hydrogen-bond donors (Lipinski definition) is 2. The Bertz CT molecular complexity index is 1460. The minimum Gasteiger partial charge on any atom is -0.633 e. The summed E-state index contributed by atoms with van der Waals surface area (Å²) in [7, 11) is -0.767. The van der Waals surface area contributed by atoms with Gasteiger partial charge in [-0.3, -0.25) is 0 Å². The first-order valence-corrected chi connectivity index (χ1v) is 17.1. The van der Waals surface area contributed by atoms with Crippen LogP contribution in [0.15, 0.2) is 36.4 Å². The summed E-state index contributed by atoms with van der Waals surface area (Å²) < 4.78 is 128. The van der Waals surface area contributed by atoms with Gasteiger partial charge in [0.25, 0.3) is 0 Å². The summed E-state index contributed by atoms with van der Waals surface area (Å²) in [4.78, 5) is 1.92.